The summed E-state index contributed by atoms with van der Waals surface area (Å²) in [6.07, 6.45) is 0.0628. The van der Waals surface area contributed by atoms with E-state index in [9.17, 15) is 9.59 Å². The summed E-state index contributed by atoms with van der Waals surface area (Å²) in [6.45, 7) is 3.88. The van der Waals surface area contributed by atoms with Crippen molar-refractivity contribution in [2.24, 2.45) is 0 Å². The van der Waals surface area contributed by atoms with Gasteiger partial charge in [-0.25, -0.2) is 0 Å². The van der Waals surface area contributed by atoms with Gasteiger partial charge in [-0.05, 0) is 50.2 Å². The molecular formula is C20H18Cl2N2O3. The van der Waals surface area contributed by atoms with Gasteiger partial charge in [0.25, 0.3) is 11.8 Å². The highest BCUT2D eigenvalue weighted by molar-refractivity contribution is 6.41. The number of imide groups is 1. The fourth-order valence-electron chi connectivity index (χ4n) is 2.73. The number of anilines is 1. The maximum absolute atomic E-state index is 12.6. The smallest absolute Gasteiger partial charge is 0.277 e. The van der Waals surface area contributed by atoms with Crippen LogP contribution in [0, 0.1) is 0 Å². The maximum atomic E-state index is 12.6. The third kappa shape index (κ3) is 3.94. The first kappa shape index (κ1) is 19.3. The molecule has 0 saturated carbocycles. The maximum Gasteiger partial charge on any atom is 0.277 e. The number of hydrogen-bond acceptors (Lipinski definition) is 4. The van der Waals surface area contributed by atoms with Gasteiger partial charge in [0.05, 0.1) is 16.7 Å². The molecule has 1 aliphatic heterocycles. The number of amides is 2. The highest BCUT2D eigenvalue weighted by atomic mass is 35.5. The molecule has 0 aliphatic carbocycles. The number of nitrogens with zero attached hydrogens (tertiary/aromatic N) is 1. The first-order valence-corrected chi connectivity index (χ1v) is 9.09. The number of rotatable bonds is 5. The summed E-state index contributed by atoms with van der Waals surface area (Å²) in [7, 11) is 1.43. The Morgan fingerprint density at radius 1 is 1.00 bits per heavy atom. The fourth-order valence-corrected chi connectivity index (χ4v) is 3.24. The van der Waals surface area contributed by atoms with Gasteiger partial charge in [0, 0.05) is 23.3 Å². The van der Waals surface area contributed by atoms with E-state index < -0.39 is 11.8 Å². The van der Waals surface area contributed by atoms with Crippen LogP contribution in [0.3, 0.4) is 0 Å². The molecule has 2 amide bonds. The lowest BCUT2D eigenvalue weighted by Crippen LogP contribution is -2.27. The predicted molar refractivity (Wildman–Crippen MR) is 107 cm³/mol. The molecule has 3 rings (SSSR count). The normalized spacial score (nSPS) is 14.4. The van der Waals surface area contributed by atoms with Gasteiger partial charge >= 0.3 is 0 Å². The zero-order chi connectivity index (χ0) is 19.7. The van der Waals surface area contributed by atoms with E-state index in [1.807, 2.05) is 13.8 Å². The molecule has 1 aliphatic rings. The number of hydrogen-bond donors (Lipinski definition) is 1. The Balaban J connectivity index is 1.99. The standard InChI is InChI=1S/C20H18Cl2N2O3/c1-11(2)27-14-7-5-13(6-8-14)23-18-17(19(25)24(3)20(18)26)15-9-4-12(21)10-16(15)22/h4-11,23H,1-3H3. The molecule has 0 spiro atoms. The lowest BCUT2D eigenvalue weighted by molar-refractivity contribution is -0.135. The van der Waals surface area contributed by atoms with Gasteiger partial charge in [-0.15, -0.1) is 0 Å². The largest absolute Gasteiger partial charge is 0.491 e. The van der Waals surface area contributed by atoms with E-state index in [1.165, 1.54) is 13.1 Å². The molecule has 1 N–H and O–H groups in total. The van der Waals surface area contributed by atoms with Crippen molar-refractivity contribution in [3.63, 3.8) is 0 Å². The molecule has 2 aromatic carbocycles. The third-order valence-corrected chi connectivity index (χ3v) is 4.53. The minimum absolute atomic E-state index is 0.0628. The first-order valence-electron chi connectivity index (χ1n) is 8.33. The van der Waals surface area contributed by atoms with Crippen molar-refractivity contribution in [2.75, 3.05) is 12.4 Å². The zero-order valence-electron chi connectivity index (χ0n) is 15.0. The van der Waals surface area contributed by atoms with Gasteiger partial charge in [-0.3, -0.25) is 14.5 Å². The molecule has 7 heteroatoms. The number of carbonyl (C=O) groups is 2. The van der Waals surface area contributed by atoms with Gasteiger partial charge in [-0.2, -0.15) is 0 Å². The molecule has 0 aromatic heterocycles. The van der Waals surface area contributed by atoms with Crippen LogP contribution < -0.4 is 10.1 Å². The number of likely N-dealkylation sites (N-methyl/N-ethyl adjacent to an activating group) is 1. The Morgan fingerprint density at radius 3 is 2.26 bits per heavy atom. The van der Waals surface area contributed by atoms with Crippen molar-refractivity contribution in [3.8, 4) is 5.75 Å². The summed E-state index contributed by atoms with van der Waals surface area (Å²) in [6, 6.07) is 11.9. The molecule has 0 fully saturated rings. The van der Waals surface area contributed by atoms with Gasteiger partial charge in [0.2, 0.25) is 0 Å². The van der Waals surface area contributed by atoms with Crippen LogP contribution in [0.2, 0.25) is 10.0 Å². The molecule has 0 bridgehead atoms. The molecule has 2 aromatic rings. The van der Waals surface area contributed by atoms with Crippen LogP contribution in [-0.4, -0.2) is 29.9 Å². The van der Waals surface area contributed by atoms with Gasteiger partial charge in [-0.1, -0.05) is 29.3 Å². The van der Waals surface area contributed by atoms with Crippen molar-refractivity contribution in [2.45, 2.75) is 20.0 Å². The Labute approximate surface area is 167 Å². The predicted octanol–water partition coefficient (Wildman–Crippen LogP) is 4.60. The molecule has 0 saturated heterocycles. The van der Waals surface area contributed by atoms with E-state index in [2.05, 4.69) is 5.32 Å². The van der Waals surface area contributed by atoms with Crippen LogP contribution in [-0.2, 0) is 9.59 Å². The van der Waals surface area contributed by atoms with E-state index in [1.54, 1.807) is 36.4 Å². The van der Waals surface area contributed by atoms with Crippen molar-refractivity contribution >= 4 is 46.3 Å². The van der Waals surface area contributed by atoms with Gasteiger partial charge in [0.1, 0.15) is 11.4 Å². The average Bonchev–Trinajstić information content (AvgIpc) is 2.81. The highest BCUT2D eigenvalue weighted by Gasteiger charge is 2.37. The molecule has 1 heterocycles. The Kier molecular flexibility index (Phi) is 5.44. The molecule has 0 radical (unpaired) electrons. The number of ether oxygens (including phenoxy) is 1. The minimum atomic E-state index is -0.427. The molecule has 0 atom stereocenters. The van der Waals surface area contributed by atoms with E-state index in [0.29, 0.717) is 21.3 Å². The molecular weight excluding hydrogens is 387 g/mol. The van der Waals surface area contributed by atoms with E-state index >= 15 is 0 Å². The summed E-state index contributed by atoms with van der Waals surface area (Å²) in [5.74, 6) is -0.133. The summed E-state index contributed by atoms with van der Waals surface area (Å²) < 4.78 is 5.61. The van der Waals surface area contributed by atoms with Crippen LogP contribution in [0.5, 0.6) is 5.75 Å². The average molecular weight is 405 g/mol. The second-order valence-corrected chi connectivity index (χ2v) is 7.20. The molecule has 140 valence electrons. The fraction of sp³-hybridized carbons (Fsp3) is 0.200. The SMILES string of the molecule is CC(C)Oc1ccc(NC2=C(c3ccc(Cl)cc3Cl)C(=O)N(C)C2=O)cc1. The number of nitrogens with one attached hydrogen (secondary N) is 1. The first-order chi connectivity index (χ1) is 12.8. The Hall–Kier alpha value is -2.50. The third-order valence-electron chi connectivity index (χ3n) is 3.98. The molecule has 27 heavy (non-hydrogen) atoms. The topological polar surface area (TPSA) is 58.6 Å². The van der Waals surface area contributed by atoms with E-state index in [4.69, 9.17) is 27.9 Å². The lowest BCUT2D eigenvalue weighted by Gasteiger charge is -2.12. The Bertz CT molecular complexity index is 937. The summed E-state index contributed by atoms with van der Waals surface area (Å²) >= 11 is 12.2. The van der Waals surface area contributed by atoms with Crippen molar-refractivity contribution < 1.29 is 14.3 Å². The van der Waals surface area contributed by atoms with Crippen molar-refractivity contribution in [3.05, 3.63) is 63.8 Å². The van der Waals surface area contributed by atoms with E-state index in [-0.39, 0.29) is 17.4 Å². The monoisotopic (exact) mass is 404 g/mol. The lowest BCUT2D eigenvalue weighted by atomic mass is 10.0. The number of halogens is 2. The quantitative estimate of drug-likeness (QED) is 0.739. The van der Waals surface area contributed by atoms with Gasteiger partial charge < -0.3 is 10.1 Å². The van der Waals surface area contributed by atoms with Gasteiger partial charge in [0.15, 0.2) is 0 Å². The van der Waals surface area contributed by atoms with Crippen LogP contribution in [0.25, 0.3) is 5.57 Å². The second-order valence-electron chi connectivity index (χ2n) is 6.36. The highest BCUT2D eigenvalue weighted by Crippen LogP contribution is 2.34. The summed E-state index contributed by atoms with van der Waals surface area (Å²) in [5, 5.41) is 3.79. The molecule has 0 unspecified atom stereocenters. The van der Waals surface area contributed by atoms with E-state index in [0.717, 1.165) is 10.6 Å². The zero-order valence-corrected chi connectivity index (χ0v) is 16.6. The van der Waals surface area contributed by atoms with Crippen LogP contribution in [0.1, 0.15) is 19.4 Å². The van der Waals surface area contributed by atoms with Crippen molar-refractivity contribution in [1.29, 1.82) is 0 Å². The second kappa shape index (κ2) is 7.62. The summed E-state index contributed by atoms with van der Waals surface area (Å²) in [5.41, 5.74) is 1.49. The molecule has 5 nitrogen and oxygen atoms in total. The Morgan fingerprint density at radius 2 is 1.67 bits per heavy atom. The van der Waals surface area contributed by atoms with Crippen molar-refractivity contribution in [1.82, 2.24) is 4.90 Å². The van der Waals surface area contributed by atoms with Crippen LogP contribution in [0.15, 0.2) is 48.2 Å². The number of carbonyl (C=O) groups excluding carboxylic acids is 2. The number of benzene rings is 2. The minimum Gasteiger partial charge on any atom is -0.491 e. The van der Waals surface area contributed by atoms with Crippen LogP contribution in [0.4, 0.5) is 5.69 Å². The summed E-state index contributed by atoms with van der Waals surface area (Å²) in [4.78, 5) is 26.3. The van der Waals surface area contributed by atoms with Crippen LogP contribution >= 0.6 is 23.2 Å².